The van der Waals surface area contributed by atoms with Crippen LogP contribution in [0.3, 0.4) is 0 Å². The number of nitrogens with zero attached hydrogens (tertiary/aromatic N) is 2. The number of rotatable bonds is 5. The first-order chi connectivity index (χ1) is 11.0. The molecule has 0 atom stereocenters. The van der Waals surface area contributed by atoms with E-state index in [1.165, 1.54) is 10.6 Å². The zero-order chi connectivity index (χ0) is 16.8. The molecule has 5 heteroatoms. The summed E-state index contributed by atoms with van der Waals surface area (Å²) >= 11 is 0. The first-order valence-corrected chi connectivity index (χ1v) is 7.47. The van der Waals surface area contributed by atoms with Gasteiger partial charge in [-0.2, -0.15) is 5.26 Å². The molecule has 0 fully saturated rings. The van der Waals surface area contributed by atoms with E-state index in [4.69, 9.17) is 5.26 Å². The Balaban J connectivity index is 2.17. The first kappa shape index (κ1) is 16.5. The standard InChI is InChI=1S/C18H19N3O2/c1-13(2)16-9-8-15(10-19)18(23)21(16)12-17(22)20-11-14-6-4-3-5-7-14/h3-9,13H,11-12H2,1-2H3,(H,20,22). The molecule has 2 aromatic rings. The average molecular weight is 309 g/mol. The number of benzene rings is 1. The Bertz CT molecular complexity index is 786. The topological polar surface area (TPSA) is 74.9 Å². The molecule has 118 valence electrons. The number of nitrogens with one attached hydrogen (secondary N) is 1. The highest BCUT2D eigenvalue weighted by molar-refractivity contribution is 5.75. The highest BCUT2D eigenvalue weighted by Gasteiger charge is 2.14. The molecule has 0 bridgehead atoms. The van der Waals surface area contributed by atoms with Crippen molar-refractivity contribution in [2.45, 2.75) is 32.9 Å². The zero-order valence-corrected chi connectivity index (χ0v) is 13.2. The maximum absolute atomic E-state index is 12.3. The molecule has 1 amide bonds. The molecule has 1 aromatic heterocycles. The summed E-state index contributed by atoms with van der Waals surface area (Å²) < 4.78 is 1.38. The summed E-state index contributed by atoms with van der Waals surface area (Å²) in [6.45, 7) is 4.20. The summed E-state index contributed by atoms with van der Waals surface area (Å²) in [6, 6.07) is 14.7. The van der Waals surface area contributed by atoms with Crippen LogP contribution in [0, 0.1) is 11.3 Å². The van der Waals surface area contributed by atoms with Crippen LogP contribution in [0.4, 0.5) is 0 Å². The number of hydrogen-bond acceptors (Lipinski definition) is 3. The number of carbonyl (C=O) groups is 1. The summed E-state index contributed by atoms with van der Waals surface area (Å²) in [5, 5.41) is 11.8. The Morgan fingerprint density at radius 2 is 1.91 bits per heavy atom. The summed E-state index contributed by atoms with van der Waals surface area (Å²) in [7, 11) is 0. The monoisotopic (exact) mass is 309 g/mol. The largest absolute Gasteiger partial charge is 0.350 e. The van der Waals surface area contributed by atoms with Crippen molar-refractivity contribution in [1.29, 1.82) is 5.26 Å². The van der Waals surface area contributed by atoms with E-state index < -0.39 is 5.56 Å². The van der Waals surface area contributed by atoms with Gasteiger partial charge in [0.1, 0.15) is 18.2 Å². The minimum atomic E-state index is -0.423. The molecule has 5 nitrogen and oxygen atoms in total. The smallest absolute Gasteiger partial charge is 0.269 e. The quantitative estimate of drug-likeness (QED) is 0.919. The van der Waals surface area contributed by atoms with Gasteiger partial charge in [0.25, 0.3) is 5.56 Å². The van der Waals surface area contributed by atoms with E-state index in [1.807, 2.05) is 50.2 Å². The Morgan fingerprint density at radius 1 is 1.22 bits per heavy atom. The number of aromatic nitrogens is 1. The highest BCUT2D eigenvalue weighted by Crippen LogP contribution is 2.12. The molecule has 0 radical (unpaired) electrons. The van der Waals surface area contributed by atoms with Crippen molar-refractivity contribution in [3.05, 3.63) is 69.6 Å². The molecule has 0 unspecified atom stereocenters. The Morgan fingerprint density at radius 3 is 2.52 bits per heavy atom. The molecule has 1 heterocycles. The van der Waals surface area contributed by atoms with E-state index in [-0.39, 0.29) is 23.9 Å². The second kappa shape index (κ2) is 7.41. The maximum atomic E-state index is 12.3. The van der Waals surface area contributed by atoms with E-state index in [2.05, 4.69) is 5.32 Å². The molecule has 1 N–H and O–H groups in total. The van der Waals surface area contributed by atoms with Crippen molar-refractivity contribution < 1.29 is 4.79 Å². The van der Waals surface area contributed by atoms with Crippen LogP contribution in [0.25, 0.3) is 0 Å². The SMILES string of the molecule is CC(C)c1ccc(C#N)c(=O)n1CC(=O)NCc1ccccc1. The molecule has 0 saturated heterocycles. The van der Waals surface area contributed by atoms with Gasteiger partial charge in [-0.25, -0.2) is 0 Å². The summed E-state index contributed by atoms with van der Waals surface area (Å²) in [6.07, 6.45) is 0. The number of pyridine rings is 1. The molecule has 1 aromatic carbocycles. The van der Waals surface area contributed by atoms with Crippen LogP contribution in [0.15, 0.2) is 47.3 Å². The van der Waals surface area contributed by atoms with Gasteiger partial charge in [0.15, 0.2) is 0 Å². The number of carbonyl (C=O) groups excluding carboxylic acids is 1. The Labute approximate surface area is 135 Å². The van der Waals surface area contributed by atoms with E-state index >= 15 is 0 Å². The normalized spacial score (nSPS) is 10.3. The molecule has 2 rings (SSSR count). The van der Waals surface area contributed by atoms with Crippen molar-refractivity contribution in [2.75, 3.05) is 0 Å². The summed E-state index contributed by atoms with van der Waals surface area (Å²) in [4.78, 5) is 24.5. The minimum Gasteiger partial charge on any atom is -0.350 e. The molecular weight excluding hydrogens is 290 g/mol. The van der Waals surface area contributed by atoms with Crippen molar-refractivity contribution >= 4 is 5.91 Å². The molecule has 0 aliphatic carbocycles. The van der Waals surface area contributed by atoms with E-state index in [1.54, 1.807) is 6.07 Å². The first-order valence-electron chi connectivity index (χ1n) is 7.47. The van der Waals surface area contributed by atoms with Crippen LogP contribution in [-0.2, 0) is 17.9 Å². The Hall–Kier alpha value is -2.87. The number of amides is 1. The van der Waals surface area contributed by atoms with Gasteiger partial charge in [-0.15, -0.1) is 0 Å². The predicted octanol–water partition coefficient (Wildman–Crippen LogP) is 2.16. The van der Waals surface area contributed by atoms with Gasteiger partial charge in [0, 0.05) is 12.2 Å². The lowest BCUT2D eigenvalue weighted by molar-refractivity contribution is -0.121. The van der Waals surface area contributed by atoms with Gasteiger partial charge in [-0.1, -0.05) is 44.2 Å². The fraction of sp³-hybridized carbons (Fsp3) is 0.278. The van der Waals surface area contributed by atoms with Gasteiger partial charge in [-0.3, -0.25) is 9.59 Å². The van der Waals surface area contributed by atoms with Crippen LogP contribution in [0.5, 0.6) is 0 Å². The average Bonchev–Trinajstić information content (AvgIpc) is 2.55. The van der Waals surface area contributed by atoms with Crippen molar-refractivity contribution in [1.82, 2.24) is 9.88 Å². The Kier molecular flexibility index (Phi) is 5.32. The van der Waals surface area contributed by atoms with Crippen molar-refractivity contribution in [2.24, 2.45) is 0 Å². The van der Waals surface area contributed by atoms with E-state index in [9.17, 15) is 9.59 Å². The highest BCUT2D eigenvalue weighted by atomic mass is 16.2. The van der Waals surface area contributed by atoms with Gasteiger partial charge in [0.05, 0.1) is 0 Å². The van der Waals surface area contributed by atoms with Crippen LogP contribution in [0.2, 0.25) is 0 Å². The lowest BCUT2D eigenvalue weighted by Gasteiger charge is -2.15. The molecule has 0 saturated carbocycles. The molecule has 0 aliphatic heterocycles. The van der Waals surface area contributed by atoms with Crippen molar-refractivity contribution in [3.8, 4) is 6.07 Å². The van der Waals surface area contributed by atoms with E-state index in [0.717, 1.165) is 11.3 Å². The maximum Gasteiger partial charge on any atom is 0.269 e. The van der Waals surface area contributed by atoms with Crippen LogP contribution >= 0.6 is 0 Å². The third-order valence-electron chi connectivity index (χ3n) is 3.55. The lowest BCUT2D eigenvalue weighted by Crippen LogP contribution is -2.34. The van der Waals surface area contributed by atoms with Crippen LogP contribution < -0.4 is 10.9 Å². The van der Waals surface area contributed by atoms with Gasteiger partial charge in [-0.05, 0) is 23.6 Å². The van der Waals surface area contributed by atoms with Crippen LogP contribution in [-0.4, -0.2) is 10.5 Å². The van der Waals surface area contributed by atoms with Gasteiger partial charge >= 0.3 is 0 Å². The number of nitriles is 1. The third kappa shape index (κ3) is 4.07. The van der Waals surface area contributed by atoms with Gasteiger partial charge < -0.3 is 9.88 Å². The predicted molar refractivity (Wildman–Crippen MR) is 87.8 cm³/mol. The zero-order valence-electron chi connectivity index (χ0n) is 13.2. The van der Waals surface area contributed by atoms with E-state index in [0.29, 0.717) is 6.54 Å². The van der Waals surface area contributed by atoms with Crippen molar-refractivity contribution in [3.63, 3.8) is 0 Å². The number of hydrogen-bond donors (Lipinski definition) is 1. The lowest BCUT2D eigenvalue weighted by atomic mass is 10.1. The van der Waals surface area contributed by atoms with Gasteiger partial charge in [0.2, 0.25) is 5.91 Å². The molecule has 0 spiro atoms. The molecule has 23 heavy (non-hydrogen) atoms. The second-order valence-corrected chi connectivity index (χ2v) is 5.59. The molecule has 0 aliphatic rings. The minimum absolute atomic E-state index is 0.0465. The summed E-state index contributed by atoms with van der Waals surface area (Å²) in [5.74, 6) is -0.176. The fourth-order valence-corrected chi connectivity index (χ4v) is 2.34. The summed E-state index contributed by atoms with van der Waals surface area (Å²) in [5.41, 5.74) is 1.35. The second-order valence-electron chi connectivity index (χ2n) is 5.59. The third-order valence-corrected chi connectivity index (χ3v) is 3.55. The van der Waals surface area contributed by atoms with Crippen LogP contribution in [0.1, 0.15) is 36.6 Å². The fourth-order valence-electron chi connectivity index (χ4n) is 2.34. The molecular formula is C18H19N3O2.